The minimum absolute atomic E-state index is 0.0786. The van der Waals surface area contributed by atoms with E-state index in [9.17, 15) is 4.79 Å². The minimum atomic E-state index is 0.0786. The Kier molecular flexibility index (Phi) is 5.48. The normalized spacial score (nSPS) is 10.8. The van der Waals surface area contributed by atoms with Gasteiger partial charge in [-0.25, -0.2) is 4.98 Å². The number of carbonyl (C=O) groups excluding carboxylic acids is 1. The Hall–Kier alpha value is -1.92. The number of aromatic nitrogens is 3. The predicted octanol–water partition coefficient (Wildman–Crippen LogP) is 4.77. The smallest absolute Gasteiger partial charge is 0.209 e. The van der Waals surface area contributed by atoms with Crippen LogP contribution in [0.25, 0.3) is 11.4 Å². The zero-order chi connectivity index (χ0) is 16.9. The molecule has 4 nitrogen and oxygen atoms in total. The fraction of sp³-hybridized carbons (Fsp3) is 0.167. The van der Waals surface area contributed by atoms with E-state index in [1.165, 1.54) is 17.3 Å². The van der Waals surface area contributed by atoms with Crippen LogP contribution in [0.2, 0.25) is 0 Å². The van der Waals surface area contributed by atoms with Gasteiger partial charge in [0.05, 0.1) is 5.75 Å². The summed E-state index contributed by atoms with van der Waals surface area (Å²) in [5.74, 6) is 1.08. The van der Waals surface area contributed by atoms with Gasteiger partial charge in [0.2, 0.25) is 5.16 Å². The second-order valence-corrected chi connectivity index (χ2v) is 7.01. The topological polar surface area (TPSA) is 58.6 Å². The molecule has 1 aromatic heterocycles. The van der Waals surface area contributed by atoms with E-state index in [4.69, 9.17) is 0 Å². The third kappa shape index (κ3) is 3.94. The number of hydrogen-bond acceptors (Lipinski definition) is 4. The van der Waals surface area contributed by atoms with Gasteiger partial charge in [0.25, 0.3) is 0 Å². The first-order chi connectivity index (χ1) is 11.7. The summed E-state index contributed by atoms with van der Waals surface area (Å²) in [5.41, 5.74) is 2.89. The van der Waals surface area contributed by atoms with Gasteiger partial charge in [-0.3, -0.25) is 9.89 Å². The largest absolute Gasteiger partial charge is 0.293 e. The Bertz CT molecular complexity index is 845. The number of H-pyrrole nitrogens is 1. The molecular formula is C18H16BrN3OS. The molecule has 122 valence electrons. The second kappa shape index (κ2) is 7.77. The molecule has 0 atom stereocenters. The van der Waals surface area contributed by atoms with Crippen molar-refractivity contribution in [2.24, 2.45) is 0 Å². The van der Waals surface area contributed by atoms with Crippen molar-refractivity contribution < 1.29 is 4.79 Å². The summed E-state index contributed by atoms with van der Waals surface area (Å²) in [6.45, 7) is 2.10. The summed E-state index contributed by atoms with van der Waals surface area (Å²) in [5, 5.41) is 7.67. The molecule has 2 aromatic carbocycles. The van der Waals surface area contributed by atoms with Crippen molar-refractivity contribution in [3.63, 3.8) is 0 Å². The Balaban J connectivity index is 1.65. The number of Topliss-reactive ketones (excluding diaryl/α,β-unsaturated/α-hetero) is 1. The number of hydrogen-bond donors (Lipinski definition) is 1. The molecule has 0 aliphatic carbocycles. The molecule has 0 spiro atoms. The quantitative estimate of drug-likeness (QED) is 0.477. The number of nitrogens with one attached hydrogen (secondary N) is 1. The predicted molar refractivity (Wildman–Crippen MR) is 100 cm³/mol. The van der Waals surface area contributed by atoms with E-state index in [0.29, 0.717) is 16.7 Å². The molecule has 1 N–H and O–H groups in total. The van der Waals surface area contributed by atoms with Gasteiger partial charge in [0.15, 0.2) is 11.6 Å². The fourth-order valence-electron chi connectivity index (χ4n) is 2.22. The Labute approximate surface area is 153 Å². The van der Waals surface area contributed by atoms with Crippen LogP contribution in [0, 0.1) is 0 Å². The third-order valence-electron chi connectivity index (χ3n) is 3.61. The SMILES string of the molecule is CCc1ccc(C(=O)CSc2n[nH]c(-c3ccccc3Br)n2)cc1. The number of benzene rings is 2. The first kappa shape index (κ1) is 16.9. The van der Waals surface area contributed by atoms with Crippen molar-refractivity contribution in [2.45, 2.75) is 18.5 Å². The van der Waals surface area contributed by atoms with Gasteiger partial charge >= 0.3 is 0 Å². The number of aryl methyl sites for hydroxylation is 1. The molecule has 3 aromatic rings. The molecule has 0 amide bonds. The van der Waals surface area contributed by atoms with Gasteiger partial charge in [-0.05, 0) is 18.1 Å². The van der Waals surface area contributed by atoms with Gasteiger partial charge < -0.3 is 0 Å². The molecule has 24 heavy (non-hydrogen) atoms. The maximum Gasteiger partial charge on any atom is 0.209 e. The van der Waals surface area contributed by atoms with Crippen molar-refractivity contribution in [2.75, 3.05) is 5.75 Å². The van der Waals surface area contributed by atoms with Crippen LogP contribution in [0.15, 0.2) is 58.2 Å². The molecule has 0 bridgehead atoms. The lowest BCUT2D eigenvalue weighted by Crippen LogP contribution is -2.02. The van der Waals surface area contributed by atoms with Crippen LogP contribution in [0.5, 0.6) is 0 Å². The van der Waals surface area contributed by atoms with Crippen LogP contribution in [0.3, 0.4) is 0 Å². The van der Waals surface area contributed by atoms with E-state index in [0.717, 1.165) is 22.0 Å². The Morgan fingerprint density at radius 2 is 1.92 bits per heavy atom. The van der Waals surface area contributed by atoms with Crippen LogP contribution >= 0.6 is 27.7 Å². The number of nitrogens with zero attached hydrogens (tertiary/aromatic N) is 2. The molecule has 0 radical (unpaired) electrons. The highest BCUT2D eigenvalue weighted by molar-refractivity contribution is 9.10. The fourth-order valence-corrected chi connectivity index (χ4v) is 3.39. The van der Waals surface area contributed by atoms with Crippen LogP contribution in [-0.4, -0.2) is 26.7 Å². The lowest BCUT2D eigenvalue weighted by Gasteiger charge is -2.01. The van der Waals surface area contributed by atoms with Gasteiger partial charge in [-0.1, -0.05) is 77.1 Å². The molecule has 0 aliphatic rings. The second-order valence-electron chi connectivity index (χ2n) is 5.21. The number of carbonyl (C=O) groups is 1. The van der Waals surface area contributed by atoms with Gasteiger partial charge in [-0.15, -0.1) is 5.10 Å². The lowest BCUT2D eigenvalue weighted by molar-refractivity contribution is 0.102. The summed E-state index contributed by atoms with van der Waals surface area (Å²) >= 11 is 4.83. The Morgan fingerprint density at radius 3 is 2.62 bits per heavy atom. The first-order valence-electron chi connectivity index (χ1n) is 7.59. The number of halogens is 1. The molecule has 0 fully saturated rings. The first-order valence-corrected chi connectivity index (χ1v) is 9.37. The van der Waals surface area contributed by atoms with Crippen molar-refractivity contribution >= 4 is 33.5 Å². The standard InChI is InChI=1S/C18H16BrN3OS/c1-2-12-7-9-13(10-8-12)16(23)11-24-18-20-17(21-22-18)14-5-3-4-6-15(14)19/h3-10H,2,11H2,1H3,(H,20,21,22). The number of rotatable bonds is 6. The maximum absolute atomic E-state index is 12.3. The van der Waals surface area contributed by atoms with E-state index in [-0.39, 0.29) is 5.78 Å². The van der Waals surface area contributed by atoms with E-state index in [1.54, 1.807) is 0 Å². The van der Waals surface area contributed by atoms with Gasteiger partial charge in [-0.2, -0.15) is 0 Å². The number of aromatic amines is 1. The van der Waals surface area contributed by atoms with Crippen LogP contribution < -0.4 is 0 Å². The monoisotopic (exact) mass is 401 g/mol. The van der Waals surface area contributed by atoms with E-state index in [1.807, 2.05) is 48.5 Å². The van der Waals surface area contributed by atoms with Crippen LogP contribution in [-0.2, 0) is 6.42 Å². The summed E-state index contributed by atoms with van der Waals surface area (Å²) in [6, 6.07) is 15.6. The van der Waals surface area contributed by atoms with Crippen molar-refractivity contribution in [3.8, 4) is 11.4 Å². The molecule has 3 rings (SSSR count). The van der Waals surface area contributed by atoms with Crippen LogP contribution in [0.1, 0.15) is 22.8 Å². The zero-order valence-corrected chi connectivity index (χ0v) is 15.5. The highest BCUT2D eigenvalue weighted by Crippen LogP contribution is 2.26. The molecular weight excluding hydrogens is 386 g/mol. The lowest BCUT2D eigenvalue weighted by atomic mass is 10.1. The maximum atomic E-state index is 12.3. The third-order valence-corrected chi connectivity index (χ3v) is 5.15. The molecule has 0 aliphatic heterocycles. The van der Waals surface area contributed by atoms with E-state index < -0.39 is 0 Å². The molecule has 1 heterocycles. The summed E-state index contributed by atoms with van der Waals surface area (Å²) in [7, 11) is 0. The average Bonchev–Trinajstić information content (AvgIpc) is 3.09. The van der Waals surface area contributed by atoms with Gasteiger partial charge in [0.1, 0.15) is 0 Å². The number of thioether (sulfide) groups is 1. The molecule has 0 saturated heterocycles. The summed E-state index contributed by atoms with van der Waals surface area (Å²) in [4.78, 5) is 16.7. The molecule has 6 heteroatoms. The molecule has 0 saturated carbocycles. The highest BCUT2D eigenvalue weighted by atomic mass is 79.9. The zero-order valence-electron chi connectivity index (χ0n) is 13.1. The van der Waals surface area contributed by atoms with Crippen molar-refractivity contribution in [1.82, 2.24) is 15.2 Å². The summed E-state index contributed by atoms with van der Waals surface area (Å²) in [6.07, 6.45) is 0.970. The minimum Gasteiger partial charge on any atom is -0.293 e. The highest BCUT2D eigenvalue weighted by Gasteiger charge is 2.12. The van der Waals surface area contributed by atoms with Crippen LogP contribution in [0.4, 0.5) is 0 Å². The average molecular weight is 402 g/mol. The number of ketones is 1. The van der Waals surface area contributed by atoms with Gasteiger partial charge in [0, 0.05) is 15.6 Å². The van der Waals surface area contributed by atoms with Crippen molar-refractivity contribution in [1.29, 1.82) is 0 Å². The van der Waals surface area contributed by atoms with Crippen molar-refractivity contribution in [3.05, 3.63) is 64.1 Å². The Morgan fingerprint density at radius 1 is 1.17 bits per heavy atom. The van der Waals surface area contributed by atoms with E-state index >= 15 is 0 Å². The molecule has 0 unspecified atom stereocenters. The summed E-state index contributed by atoms with van der Waals surface area (Å²) < 4.78 is 0.949. The van der Waals surface area contributed by atoms with E-state index in [2.05, 4.69) is 38.0 Å².